The van der Waals surface area contributed by atoms with Gasteiger partial charge in [0, 0.05) is 18.6 Å². The number of rotatable bonds is 6. The largest absolute Gasteiger partial charge is 0.396 e. The van der Waals surface area contributed by atoms with Gasteiger partial charge in [0.15, 0.2) is 0 Å². The molecule has 0 radical (unpaired) electrons. The molecule has 100 valence electrons. The fourth-order valence-electron chi connectivity index (χ4n) is 2.95. The van der Waals surface area contributed by atoms with Crippen molar-refractivity contribution in [3.05, 3.63) is 0 Å². The van der Waals surface area contributed by atoms with E-state index in [1.807, 2.05) is 0 Å². The van der Waals surface area contributed by atoms with Crippen molar-refractivity contribution in [3.63, 3.8) is 0 Å². The Hall–Kier alpha value is -0.120. The van der Waals surface area contributed by atoms with Crippen LogP contribution in [-0.2, 0) is 0 Å². The predicted octanol–water partition coefficient (Wildman–Crippen LogP) is 1.42. The number of piperidine rings is 1. The third-order valence-corrected chi connectivity index (χ3v) is 4.66. The van der Waals surface area contributed by atoms with Gasteiger partial charge in [0.1, 0.15) is 0 Å². The third-order valence-electron chi connectivity index (χ3n) is 4.66. The van der Waals surface area contributed by atoms with Crippen molar-refractivity contribution in [1.82, 2.24) is 9.80 Å². The van der Waals surface area contributed by atoms with Crippen molar-refractivity contribution >= 4 is 0 Å². The second-order valence-electron chi connectivity index (χ2n) is 6.43. The van der Waals surface area contributed by atoms with E-state index in [0.717, 1.165) is 12.5 Å². The summed E-state index contributed by atoms with van der Waals surface area (Å²) in [6, 6.07) is 0. The molecule has 1 N–H and O–H groups in total. The number of hydrogen-bond acceptors (Lipinski definition) is 3. The van der Waals surface area contributed by atoms with Gasteiger partial charge < -0.3 is 14.9 Å². The maximum absolute atomic E-state index is 9.32. The first-order chi connectivity index (χ1) is 8.13. The molecule has 0 spiro atoms. The van der Waals surface area contributed by atoms with E-state index in [4.69, 9.17) is 0 Å². The first kappa shape index (κ1) is 13.3. The van der Waals surface area contributed by atoms with Gasteiger partial charge in [0.05, 0.1) is 0 Å². The lowest BCUT2D eigenvalue weighted by Gasteiger charge is -2.30. The molecular weight excluding hydrogens is 212 g/mol. The van der Waals surface area contributed by atoms with Gasteiger partial charge in [-0.2, -0.15) is 0 Å². The molecule has 0 aromatic heterocycles. The van der Waals surface area contributed by atoms with Crippen LogP contribution in [0.1, 0.15) is 32.1 Å². The number of nitrogens with zero attached hydrogens (tertiary/aromatic N) is 2. The van der Waals surface area contributed by atoms with E-state index < -0.39 is 0 Å². The van der Waals surface area contributed by atoms with Crippen LogP contribution in [0.4, 0.5) is 0 Å². The first-order valence-electron chi connectivity index (χ1n) is 7.11. The average molecular weight is 240 g/mol. The highest BCUT2D eigenvalue weighted by molar-refractivity contribution is 4.94. The van der Waals surface area contributed by atoms with Gasteiger partial charge in [0.2, 0.25) is 0 Å². The highest BCUT2D eigenvalue weighted by Crippen LogP contribution is 2.45. The summed E-state index contributed by atoms with van der Waals surface area (Å²) in [6.45, 7) is 5.22. The molecule has 0 aromatic rings. The summed E-state index contributed by atoms with van der Waals surface area (Å²) in [5, 5.41) is 9.32. The lowest BCUT2D eigenvalue weighted by Crippen LogP contribution is -2.34. The molecule has 3 heteroatoms. The summed E-state index contributed by atoms with van der Waals surface area (Å²) < 4.78 is 0. The SMILES string of the molecule is CN1CCC(CCN(C)CC2(CO)CC2)CC1. The monoisotopic (exact) mass is 240 g/mol. The Morgan fingerprint density at radius 2 is 1.94 bits per heavy atom. The number of hydrogen-bond donors (Lipinski definition) is 1. The normalized spacial score (nSPS) is 25.4. The molecule has 2 fully saturated rings. The molecule has 1 saturated heterocycles. The number of likely N-dealkylation sites (tertiary alicyclic amines) is 1. The van der Waals surface area contributed by atoms with Gasteiger partial charge in [-0.1, -0.05) is 0 Å². The van der Waals surface area contributed by atoms with Crippen LogP contribution >= 0.6 is 0 Å². The van der Waals surface area contributed by atoms with E-state index in [9.17, 15) is 5.11 Å². The molecule has 0 atom stereocenters. The minimum atomic E-state index is 0.279. The summed E-state index contributed by atoms with van der Waals surface area (Å²) in [5.41, 5.74) is 0.279. The molecule has 1 aliphatic heterocycles. The Bertz CT molecular complexity index is 232. The molecule has 1 aliphatic carbocycles. The van der Waals surface area contributed by atoms with Gasteiger partial charge >= 0.3 is 0 Å². The second kappa shape index (κ2) is 5.68. The molecule has 1 saturated carbocycles. The summed E-state index contributed by atoms with van der Waals surface area (Å²) in [4.78, 5) is 4.87. The Morgan fingerprint density at radius 1 is 1.29 bits per heavy atom. The molecule has 3 nitrogen and oxygen atoms in total. The van der Waals surface area contributed by atoms with Crippen LogP contribution in [-0.4, -0.2) is 61.8 Å². The zero-order valence-electron chi connectivity index (χ0n) is 11.5. The van der Waals surface area contributed by atoms with E-state index in [-0.39, 0.29) is 5.41 Å². The minimum Gasteiger partial charge on any atom is -0.396 e. The van der Waals surface area contributed by atoms with Gasteiger partial charge in [-0.15, -0.1) is 0 Å². The molecule has 0 amide bonds. The average Bonchev–Trinajstić information content (AvgIpc) is 3.09. The Morgan fingerprint density at radius 3 is 2.47 bits per heavy atom. The van der Waals surface area contributed by atoms with Crippen LogP contribution in [0.5, 0.6) is 0 Å². The minimum absolute atomic E-state index is 0.279. The first-order valence-corrected chi connectivity index (χ1v) is 7.11. The summed E-state index contributed by atoms with van der Waals surface area (Å²) in [7, 11) is 4.44. The Balaban J connectivity index is 1.61. The third kappa shape index (κ3) is 3.94. The highest BCUT2D eigenvalue weighted by Gasteiger charge is 2.42. The van der Waals surface area contributed by atoms with Crippen LogP contribution in [0.25, 0.3) is 0 Å². The molecule has 0 unspecified atom stereocenters. The predicted molar refractivity (Wildman–Crippen MR) is 71.1 cm³/mol. The molecule has 2 rings (SSSR count). The molecule has 17 heavy (non-hydrogen) atoms. The van der Waals surface area contributed by atoms with E-state index >= 15 is 0 Å². The Labute approximate surface area is 106 Å². The summed E-state index contributed by atoms with van der Waals surface area (Å²) >= 11 is 0. The van der Waals surface area contributed by atoms with Crippen LogP contribution in [0.3, 0.4) is 0 Å². The topological polar surface area (TPSA) is 26.7 Å². The van der Waals surface area contributed by atoms with Crippen molar-refractivity contribution in [2.75, 3.05) is 46.9 Å². The second-order valence-corrected chi connectivity index (χ2v) is 6.43. The van der Waals surface area contributed by atoms with Crippen LogP contribution in [0.2, 0.25) is 0 Å². The van der Waals surface area contributed by atoms with E-state index in [1.165, 1.54) is 51.7 Å². The standard InChI is InChI=1S/C14H28N2O/c1-15-8-3-13(4-9-15)5-10-16(2)11-14(12-17)6-7-14/h13,17H,3-12H2,1-2H3. The maximum atomic E-state index is 9.32. The fraction of sp³-hybridized carbons (Fsp3) is 1.00. The van der Waals surface area contributed by atoms with Crippen molar-refractivity contribution in [2.45, 2.75) is 32.1 Å². The van der Waals surface area contributed by atoms with Gasteiger partial charge in [0.25, 0.3) is 0 Å². The quantitative estimate of drug-likeness (QED) is 0.761. The zero-order valence-corrected chi connectivity index (χ0v) is 11.5. The summed E-state index contributed by atoms with van der Waals surface area (Å²) in [6.07, 6.45) is 6.53. The van der Waals surface area contributed by atoms with Gasteiger partial charge in [-0.25, -0.2) is 0 Å². The van der Waals surface area contributed by atoms with E-state index in [1.54, 1.807) is 0 Å². The Kier molecular flexibility index (Phi) is 4.45. The smallest absolute Gasteiger partial charge is 0.0499 e. The van der Waals surface area contributed by atoms with Crippen LogP contribution < -0.4 is 0 Å². The number of aliphatic hydroxyl groups is 1. The molecule has 1 heterocycles. The van der Waals surface area contributed by atoms with Gasteiger partial charge in [-0.3, -0.25) is 0 Å². The van der Waals surface area contributed by atoms with Crippen molar-refractivity contribution in [3.8, 4) is 0 Å². The zero-order chi connectivity index (χ0) is 12.3. The van der Waals surface area contributed by atoms with Crippen LogP contribution in [0.15, 0.2) is 0 Å². The molecule has 0 bridgehead atoms. The molecular formula is C14H28N2O. The maximum Gasteiger partial charge on any atom is 0.0499 e. The van der Waals surface area contributed by atoms with E-state index in [0.29, 0.717) is 6.61 Å². The van der Waals surface area contributed by atoms with Crippen molar-refractivity contribution < 1.29 is 5.11 Å². The lowest BCUT2D eigenvalue weighted by molar-refractivity contribution is 0.150. The highest BCUT2D eigenvalue weighted by atomic mass is 16.3. The van der Waals surface area contributed by atoms with Crippen LogP contribution in [0, 0.1) is 11.3 Å². The fourth-order valence-corrected chi connectivity index (χ4v) is 2.95. The van der Waals surface area contributed by atoms with Crippen molar-refractivity contribution in [2.24, 2.45) is 11.3 Å². The summed E-state index contributed by atoms with van der Waals surface area (Å²) in [5.74, 6) is 0.929. The van der Waals surface area contributed by atoms with Crippen molar-refractivity contribution in [1.29, 1.82) is 0 Å². The van der Waals surface area contributed by atoms with E-state index in [2.05, 4.69) is 23.9 Å². The number of aliphatic hydroxyl groups excluding tert-OH is 1. The lowest BCUT2D eigenvalue weighted by atomic mass is 9.93. The molecule has 0 aromatic carbocycles. The van der Waals surface area contributed by atoms with Gasteiger partial charge in [-0.05, 0) is 71.8 Å². The molecule has 2 aliphatic rings.